The topological polar surface area (TPSA) is 33.1 Å². The van der Waals surface area contributed by atoms with Crippen molar-refractivity contribution in [2.24, 2.45) is 0 Å². The molecule has 0 bridgehead atoms. The van der Waals surface area contributed by atoms with E-state index in [0.717, 1.165) is 5.56 Å². The SMILES string of the molecule is CCOC(=N)Cc1ccsc1. The maximum Gasteiger partial charge on any atom is 0.184 e. The molecule has 0 aliphatic carbocycles. The van der Waals surface area contributed by atoms with Crippen LogP contribution in [0.5, 0.6) is 0 Å². The Balaban J connectivity index is 2.37. The van der Waals surface area contributed by atoms with Gasteiger partial charge in [0.2, 0.25) is 0 Å². The number of nitrogens with one attached hydrogen (secondary N) is 1. The summed E-state index contributed by atoms with van der Waals surface area (Å²) in [7, 11) is 0. The molecule has 2 nitrogen and oxygen atoms in total. The van der Waals surface area contributed by atoms with E-state index in [1.807, 2.05) is 23.8 Å². The molecule has 60 valence electrons. The van der Waals surface area contributed by atoms with Gasteiger partial charge in [-0.1, -0.05) is 0 Å². The molecule has 0 radical (unpaired) electrons. The molecule has 0 unspecified atom stereocenters. The van der Waals surface area contributed by atoms with Gasteiger partial charge in [-0.3, -0.25) is 5.41 Å². The molecular weight excluding hydrogens is 158 g/mol. The minimum Gasteiger partial charge on any atom is -0.481 e. The fourth-order valence-electron chi connectivity index (χ4n) is 0.804. The maximum absolute atomic E-state index is 7.35. The standard InChI is InChI=1S/C8H11NOS/c1-2-10-8(9)5-7-3-4-11-6-7/h3-4,6,9H,2,5H2,1H3. The van der Waals surface area contributed by atoms with Gasteiger partial charge in [-0.15, -0.1) is 0 Å². The fourth-order valence-corrected chi connectivity index (χ4v) is 1.47. The van der Waals surface area contributed by atoms with Crippen LogP contribution in [0.1, 0.15) is 12.5 Å². The number of thiophene rings is 1. The summed E-state index contributed by atoms with van der Waals surface area (Å²) >= 11 is 1.65. The van der Waals surface area contributed by atoms with Gasteiger partial charge in [-0.05, 0) is 29.3 Å². The van der Waals surface area contributed by atoms with Crippen LogP contribution in [0.2, 0.25) is 0 Å². The first-order valence-electron chi connectivity index (χ1n) is 3.54. The van der Waals surface area contributed by atoms with E-state index in [-0.39, 0.29) is 0 Å². The fraction of sp³-hybridized carbons (Fsp3) is 0.375. The Morgan fingerprint density at radius 3 is 3.09 bits per heavy atom. The summed E-state index contributed by atoms with van der Waals surface area (Å²) in [6, 6.07) is 2.01. The molecule has 0 saturated carbocycles. The lowest BCUT2D eigenvalue weighted by Gasteiger charge is -2.01. The summed E-state index contributed by atoms with van der Waals surface area (Å²) in [5.74, 6) is 0.353. The van der Waals surface area contributed by atoms with Crippen LogP contribution in [0.4, 0.5) is 0 Å². The van der Waals surface area contributed by atoms with Crippen molar-refractivity contribution in [3.05, 3.63) is 22.4 Å². The van der Waals surface area contributed by atoms with Crippen molar-refractivity contribution in [2.45, 2.75) is 13.3 Å². The van der Waals surface area contributed by atoms with Crippen molar-refractivity contribution >= 4 is 17.2 Å². The highest BCUT2D eigenvalue weighted by molar-refractivity contribution is 7.07. The first-order valence-corrected chi connectivity index (χ1v) is 4.48. The predicted octanol–water partition coefficient (Wildman–Crippen LogP) is 2.30. The molecule has 11 heavy (non-hydrogen) atoms. The van der Waals surface area contributed by atoms with Gasteiger partial charge >= 0.3 is 0 Å². The van der Waals surface area contributed by atoms with Crippen molar-refractivity contribution in [3.8, 4) is 0 Å². The molecule has 1 aromatic heterocycles. The van der Waals surface area contributed by atoms with Crippen LogP contribution >= 0.6 is 11.3 Å². The minimum atomic E-state index is 0.353. The van der Waals surface area contributed by atoms with Gasteiger partial charge in [-0.25, -0.2) is 0 Å². The summed E-state index contributed by atoms with van der Waals surface area (Å²) in [5, 5.41) is 11.4. The van der Waals surface area contributed by atoms with Crippen LogP contribution in [0.3, 0.4) is 0 Å². The molecule has 0 atom stereocenters. The predicted molar refractivity (Wildman–Crippen MR) is 47.4 cm³/mol. The van der Waals surface area contributed by atoms with E-state index in [9.17, 15) is 0 Å². The van der Waals surface area contributed by atoms with Crippen molar-refractivity contribution in [1.29, 1.82) is 5.41 Å². The molecule has 0 saturated heterocycles. The molecule has 0 aliphatic heterocycles. The van der Waals surface area contributed by atoms with Crippen molar-refractivity contribution in [2.75, 3.05) is 6.61 Å². The number of hydrogen-bond donors (Lipinski definition) is 1. The van der Waals surface area contributed by atoms with Gasteiger partial charge in [0, 0.05) is 6.42 Å². The van der Waals surface area contributed by atoms with E-state index in [0.29, 0.717) is 18.9 Å². The van der Waals surface area contributed by atoms with Crippen LogP contribution in [0.25, 0.3) is 0 Å². The van der Waals surface area contributed by atoms with Crippen molar-refractivity contribution in [3.63, 3.8) is 0 Å². The van der Waals surface area contributed by atoms with E-state index in [2.05, 4.69) is 0 Å². The molecule has 1 heterocycles. The minimum absolute atomic E-state index is 0.353. The van der Waals surface area contributed by atoms with Crippen LogP contribution in [0, 0.1) is 5.41 Å². The molecule has 0 aliphatic rings. The normalized spacial score (nSPS) is 9.55. The highest BCUT2D eigenvalue weighted by atomic mass is 32.1. The zero-order valence-electron chi connectivity index (χ0n) is 6.46. The Kier molecular flexibility index (Phi) is 3.11. The lowest BCUT2D eigenvalue weighted by Crippen LogP contribution is -2.05. The molecular formula is C8H11NOS. The van der Waals surface area contributed by atoms with E-state index >= 15 is 0 Å². The summed E-state index contributed by atoms with van der Waals surface area (Å²) in [5.41, 5.74) is 1.16. The lowest BCUT2D eigenvalue weighted by atomic mass is 10.2. The molecule has 3 heteroatoms. The van der Waals surface area contributed by atoms with Gasteiger partial charge < -0.3 is 4.74 Å². The Labute approximate surface area is 70.3 Å². The Hall–Kier alpha value is -0.830. The largest absolute Gasteiger partial charge is 0.481 e. The molecule has 1 aromatic rings. The maximum atomic E-state index is 7.35. The van der Waals surface area contributed by atoms with Crippen molar-refractivity contribution < 1.29 is 4.74 Å². The second kappa shape index (κ2) is 4.13. The average molecular weight is 169 g/mol. The first-order chi connectivity index (χ1) is 5.33. The Morgan fingerprint density at radius 1 is 1.73 bits per heavy atom. The zero-order valence-corrected chi connectivity index (χ0v) is 7.28. The third-order valence-corrected chi connectivity index (χ3v) is 2.00. The average Bonchev–Trinajstić information content (AvgIpc) is 2.40. The second-order valence-electron chi connectivity index (χ2n) is 2.16. The molecule has 1 N–H and O–H groups in total. The molecule has 0 spiro atoms. The monoisotopic (exact) mass is 169 g/mol. The van der Waals surface area contributed by atoms with Gasteiger partial charge in [0.25, 0.3) is 0 Å². The van der Waals surface area contributed by atoms with Crippen LogP contribution in [-0.2, 0) is 11.2 Å². The summed E-state index contributed by atoms with van der Waals surface area (Å²) in [6.45, 7) is 2.48. The number of rotatable bonds is 3. The quantitative estimate of drug-likeness (QED) is 0.546. The lowest BCUT2D eigenvalue weighted by molar-refractivity contribution is 0.317. The molecule has 0 fully saturated rings. The highest BCUT2D eigenvalue weighted by Gasteiger charge is 1.98. The van der Waals surface area contributed by atoms with E-state index in [4.69, 9.17) is 10.1 Å². The molecule has 0 aromatic carbocycles. The summed E-state index contributed by atoms with van der Waals surface area (Å²) < 4.78 is 5.00. The van der Waals surface area contributed by atoms with E-state index in [1.165, 1.54) is 0 Å². The van der Waals surface area contributed by atoms with E-state index in [1.54, 1.807) is 11.3 Å². The molecule has 0 amide bonds. The second-order valence-corrected chi connectivity index (χ2v) is 2.94. The molecule has 1 rings (SSSR count). The van der Waals surface area contributed by atoms with Gasteiger partial charge in [-0.2, -0.15) is 11.3 Å². The van der Waals surface area contributed by atoms with Gasteiger partial charge in [0.05, 0.1) is 6.61 Å². The zero-order chi connectivity index (χ0) is 8.10. The third kappa shape index (κ3) is 2.72. The van der Waals surface area contributed by atoms with Crippen LogP contribution in [-0.4, -0.2) is 12.5 Å². The van der Waals surface area contributed by atoms with Gasteiger partial charge in [0.15, 0.2) is 5.90 Å². The number of ether oxygens (including phenoxy) is 1. The summed E-state index contributed by atoms with van der Waals surface area (Å²) in [4.78, 5) is 0. The van der Waals surface area contributed by atoms with Crippen LogP contribution in [0.15, 0.2) is 16.8 Å². The smallest absolute Gasteiger partial charge is 0.184 e. The third-order valence-electron chi connectivity index (χ3n) is 1.26. The van der Waals surface area contributed by atoms with E-state index < -0.39 is 0 Å². The van der Waals surface area contributed by atoms with Crippen LogP contribution < -0.4 is 0 Å². The Bertz CT molecular complexity index is 218. The Morgan fingerprint density at radius 2 is 2.55 bits per heavy atom. The summed E-state index contributed by atoms with van der Waals surface area (Å²) in [6.07, 6.45) is 0.622. The van der Waals surface area contributed by atoms with Crippen molar-refractivity contribution in [1.82, 2.24) is 0 Å². The number of hydrogen-bond acceptors (Lipinski definition) is 3. The first kappa shape index (κ1) is 8.27. The highest BCUT2D eigenvalue weighted by Crippen LogP contribution is 2.06. The van der Waals surface area contributed by atoms with Gasteiger partial charge in [0.1, 0.15) is 0 Å².